The number of amides is 1. The molecule has 1 unspecified atom stereocenters. The topological polar surface area (TPSA) is 53.6 Å². The molecule has 1 aromatic heterocycles. The van der Waals surface area contributed by atoms with Crippen LogP contribution in [0.2, 0.25) is 0 Å². The molecule has 1 amide bonds. The van der Waals surface area contributed by atoms with E-state index in [1.165, 1.54) is 17.4 Å². The molecule has 2 heterocycles. The summed E-state index contributed by atoms with van der Waals surface area (Å²) in [5.41, 5.74) is 0. The first-order chi connectivity index (χ1) is 11.4. The van der Waals surface area contributed by atoms with Crippen LogP contribution in [0, 0.1) is 0 Å². The Bertz CT molecular complexity index is 585. The van der Waals surface area contributed by atoms with Crippen molar-refractivity contribution < 1.29 is 9.53 Å². The van der Waals surface area contributed by atoms with Crippen molar-refractivity contribution in [2.75, 3.05) is 26.3 Å². The van der Waals surface area contributed by atoms with E-state index in [4.69, 9.17) is 51.8 Å². The third-order valence-electron chi connectivity index (χ3n) is 3.12. The Morgan fingerprint density at radius 3 is 2.67 bits per heavy atom. The molecule has 0 saturated carbocycles. The number of nitrogens with one attached hydrogen (secondary N) is 2. The van der Waals surface area contributed by atoms with Crippen LogP contribution in [0.15, 0.2) is 23.6 Å². The maximum atomic E-state index is 12.1. The summed E-state index contributed by atoms with van der Waals surface area (Å²) in [7, 11) is 0. The summed E-state index contributed by atoms with van der Waals surface area (Å²) >= 11 is 24.7. The molecule has 10 heteroatoms. The molecule has 1 aliphatic heterocycles. The number of rotatable bonds is 4. The van der Waals surface area contributed by atoms with E-state index in [9.17, 15) is 4.79 Å². The lowest BCUT2D eigenvalue weighted by atomic mass is 10.4. The van der Waals surface area contributed by atoms with Crippen molar-refractivity contribution in [3.63, 3.8) is 0 Å². The van der Waals surface area contributed by atoms with Crippen LogP contribution in [0.3, 0.4) is 0 Å². The summed E-state index contributed by atoms with van der Waals surface area (Å²) in [6, 6.07) is 3.79. The van der Waals surface area contributed by atoms with E-state index < -0.39 is 15.9 Å². The minimum absolute atomic E-state index is 0.392. The highest BCUT2D eigenvalue weighted by molar-refractivity contribution is 7.80. The quantitative estimate of drug-likeness (QED) is 0.334. The maximum absolute atomic E-state index is 12.1. The van der Waals surface area contributed by atoms with Gasteiger partial charge in [-0.3, -0.25) is 4.79 Å². The van der Waals surface area contributed by atoms with E-state index in [1.54, 1.807) is 6.08 Å². The van der Waals surface area contributed by atoms with E-state index in [2.05, 4.69) is 10.6 Å². The average Bonchev–Trinajstić information content (AvgIpc) is 3.05. The number of hydrogen-bond acceptors (Lipinski definition) is 4. The smallest absolute Gasteiger partial charge is 0.245 e. The highest BCUT2D eigenvalue weighted by Crippen LogP contribution is 2.29. The molecule has 1 fully saturated rings. The summed E-state index contributed by atoms with van der Waals surface area (Å²) in [4.78, 5) is 14.9. The Hall–Kier alpha value is -0.570. The number of morpholine rings is 1. The highest BCUT2D eigenvalue weighted by Gasteiger charge is 2.35. The second kappa shape index (κ2) is 9.22. The van der Waals surface area contributed by atoms with Gasteiger partial charge in [-0.15, -0.1) is 11.3 Å². The molecule has 2 rings (SSSR count). The van der Waals surface area contributed by atoms with Gasteiger partial charge in [0.25, 0.3) is 0 Å². The van der Waals surface area contributed by atoms with Crippen molar-refractivity contribution in [2.24, 2.45) is 0 Å². The first-order valence-electron chi connectivity index (χ1n) is 7.08. The summed E-state index contributed by atoms with van der Waals surface area (Å²) in [6.45, 7) is 2.45. The van der Waals surface area contributed by atoms with Gasteiger partial charge in [0, 0.05) is 24.0 Å². The van der Waals surface area contributed by atoms with Crippen LogP contribution in [-0.2, 0) is 9.53 Å². The van der Waals surface area contributed by atoms with Crippen LogP contribution >= 0.6 is 58.4 Å². The Labute approximate surface area is 164 Å². The van der Waals surface area contributed by atoms with Crippen LogP contribution in [0.25, 0.3) is 6.08 Å². The maximum Gasteiger partial charge on any atom is 0.245 e. The van der Waals surface area contributed by atoms with Crippen molar-refractivity contribution in [1.82, 2.24) is 15.5 Å². The summed E-state index contributed by atoms with van der Waals surface area (Å²) < 4.78 is 3.51. The van der Waals surface area contributed by atoms with E-state index >= 15 is 0 Å². The van der Waals surface area contributed by atoms with Crippen LogP contribution < -0.4 is 10.6 Å². The molecule has 1 aliphatic rings. The monoisotopic (exact) mass is 427 g/mol. The lowest BCUT2D eigenvalue weighted by molar-refractivity contribution is -0.117. The van der Waals surface area contributed by atoms with Gasteiger partial charge in [0.15, 0.2) is 5.11 Å². The number of nitrogens with zero attached hydrogens (tertiary/aromatic N) is 1. The normalized spacial score (nSPS) is 16.9. The first-order valence-corrected chi connectivity index (χ1v) is 9.50. The van der Waals surface area contributed by atoms with Gasteiger partial charge in [0.1, 0.15) is 6.17 Å². The fourth-order valence-electron chi connectivity index (χ4n) is 1.92. The van der Waals surface area contributed by atoms with Crippen molar-refractivity contribution >= 4 is 75.5 Å². The van der Waals surface area contributed by atoms with Crippen molar-refractivity contribution in [2.45, 2.75) is 9.96 Å². The molecule has 1 atom stereocenters. The molecule has 1 saturated heterocycles. The van der Waals surface area contributed by atoms with Crippen LogP contribution in [0.4, 0.5) is 0 Å². The van der Waals surface area contributed by atoms with Gasteiger partial charge in [-0.2, -0.15) is 0 Å². The third kappa shape index (κ3) is 6.38. The van der Waals surface area contributed by atoms with E-state index in [1.807, 2.05) is 22.4 Å². The Balaban J connectivity index is 1.95. The number of halogens is 3. The number of hydrogen-bond donors (Lipinski definition) is 2. The molecule has 0 aromatic carbocycles. The number of alkyl halides is 3. The summed E-state index contributed by atoms with van der Waals surface area (Å²) in [5.74, 6) is -0.392. The molecule has 0 bridgehead atoms. The van der Waals surface area contributed by atoms with Crippen LogP contribution in [0.5, 0.6) is 0 Å². The number of carbonyl (C=O) groups excluding carboxylic acids is 1. The predicted octanol–water partition coefficient (Wildman–Crippen LogP) is 2.78. The van der Waals surface area contributed by atoms with Gasteiger partial charge >= 0.3 is 0 Å². The summed E-state index contributed by atoms with van der Waals surface area (Å²) in [5, 5.41) is 7.83. The van der Waals surface area contributed by atoms with Gasteiger partial charge < -0.3 is 20.3 Å². The Kier molecular flexibility index (Phi) is 7.59. The van der Waals surface area contributed by atoms with Gasteiger partial charge in [-0.05, 0) is 29.7 Å². The van der Waals surface area contributed by atoms with Gasteiger partial charge in [-0.1, -0.05) is 40.9 Å². The number of carbonyl (C=O) groups is 1. The molecule has 0 aliphatic carbocycles. The second-order valence-electron chi connectivity index (χ2n) is 4.88. The molecule has 2 N–H and O–H groups in total. The van der Waals surface area contributed by atoms with Gasteiger partial charge in [0.2, 0.25) is 9.70 Å². The zero-order valence-corrected chi connectivity index (χ0v) is 16.4. The first kappa shape index (κ1) is 19.8. The minimum atomic E-state index is -1.76. The van der Waals surface area contributed by atoms with E-state index in [0.29, 0.717) is 31.4 Å². The number of thiophene rings is 1. The van der Waals surface area contributed by atoms with Crippen molar-refractivity contribution in [1.29, 1.82) is 0 Å². The molecular formula is C14H16Cl3N3O2S2. The molecule has 0 radical (unpaired) electrons. The van der Waals surface area contributed by atoms with Crippen LogP contribution in [0.1, 0.15) is 4.88 Å². The van der Waals surface area contributed by atoms with Crippen LogP contribution in [-0.4, -0.2) is 52.2 Å². The molecule has 1 aromatic rings. The summed E-state index contributed by atoms with van der Waals surface area (Å²) in [6.07, 6.45) is 2.11. The van der Waals surface area contributed by atoms with Crippen molar-refractivity contribution in [3.8, 4) is 0 Å². The van der Waals surface area contributed by atoms with Gasteiger partial charge in [0.05, 0.1) is 13.2 Å². The number of ether oxygens (including phenoxy) is 1. The standard InChI is InChI=1S/C14H16Cl3N3O2S2/c15-14(16,17)12(19-13(23)20-5-7-22-8-6-20)18-11(21)4-3-10-2-1-9-24-10/h1-4,9,12H,5-8H2,(H,18,21)(H,19,23)/b4-3+. The zero-order chi connectivity index (χ0) is 17.6. The Morgan fingerprint density at radius 1 is 1.38 bits per heavy atom. The fourth-order valence-corrected chi connectivity index (χ4v) is 3.16. The molecule has 0 spiro atoms. The zero-order valence-electron chi connectivity index (χ0n) is 12.5. The lowest BCUT2D eigenvalue weighted by Gasteiger charge is -2.33. The lowest BCUT2D eigenvalue weighted by Crippen LogP contribution is -2.58. The molecular weight excluding hydrogens is 413 g/mol. The molecule has 5 nitrogen and oxygen atoms in total. The third-order valence-corrected chi connectivity index (χ3v) is 4.99. The minimum Gasteiger partial charge on any atom is -0.378 e. The van der Waals surface area contributed by atoms with E-state index in [-0.39, 0.29) is 0 Å². The van der Waals surface area contributed by atoms with Gasteiger partial charge in [-0.25, -0.2) is 0 Å². The largest absolute Gasteiger partial charge is 0.378 e. The molecule has 24 heavy (non-hydrogen) atoms. The molecule has 132 valence electrons. The second-order valence-corrected chi connectivity index (χ2v) is 8.62. The highest BCUT2D eigenvalue weighted by atomic mass is 35.6. The Morgan fingerprint density at radius 2 is 2.08 bits per heavy atom. The SMILES string of the molecule is O=C(/C=C/c1cccs1)NC(NC(=S)N1CCOCC1)C(Cl)(Cl)Cl. The van der Waals surface area contributed by atoms with Crippen molar-refractivity contribution in [3.05, 3.63) is 28.5 Å². The average molecular weight is 429 g/mol. The number of thiocarbonyl (C=S) groups is 1. The predicted molar refractivity (Wildman–Crippen MR) is 104 cm³/mol. The van der Waals surface area contributed by atoms with E-state index in [0.717, 1.165) is 4.88 Å². The fraction of sp³-hybridized carbons (Fsp3) is 0.429.